The van der Waals surface area contributed by atoms with E-state index in [0.717, 1.165) is 5.57 Å². The highest BCUT2D eigenvalue weighted by atomic mass is 16.3. The van der Waals surface area contributed by atoms with Gasteiger partial charge < -0.3 is 10.2 Å². The van der Waals surface area contributed by atoms with E-state index in [9.17, 15) is 5.11 Å². The zero-order valence-corrected chi connectivity index (χ0v) is 6.95. The Balaban J connectivity index is 3.50. The van der Waals surface area contributed by atoms with Gasteiger partial charge in [-0.15, -0.1) is 6.58 Å². The molecule has 0 aromatic rings. The standard InChI is InChI=1S/C9H16O2/c1-8(2)7-9(11)5-3-4-6-10/h3,5,9-11H,1,4,6-7H2,2H3. The lowest BCUT2D eigenvalue weighted by atomic mass is 10.1. The summed E-state index contributed by atoms with van der Waals surface area (Å²) in [5.74, 6) is 0. The highest BCUT2D eigenvalue weighted by Crippen LogP contribution is 2.02. The average molecular weight is 156 g/mol. The van der Waals surface area contributed by atoms with Crippen LogP contribution < -0.4 is 0 Å². The SMILES string of the molecule is C=C(C)CC(O)C=CCCO. The van der Waals surface area contributed by atoms with E-state index < -0.39 is 6.10 Å². The molecule has 0 aromatic carbocycles. The van der Waals surface area contributed by atoms with Crippen molar-refractivity contribution in [2.45, 2.75) is 25.9 Å². The topological polar surface area (TPSA) is 40.5 Å². The second-order valence-corrected chi connectivity index (χ2v) is 2.67. The number of hydrogen-bond acceptors (Lipinski definition) is 2. The molecule has 1 atom stereocenters. The maximum Gasteiger partial charge on any atom is 0.0757 e. The maximum atomic E-state index is 9.22. The Morgan fingerprint density at radius 2 is 2.27 bits per heavy atom. The first-order valence-corrected chi connectivity index (χ1v) is 3.76. The first-order valence-electron chi connectivity index (χ1n) is 3.76. The van der Waals surface area contributed by atoms with Crippen LogP contribution in [0.3, 0.4) is 0 Å². The van der Waals surface area contributed by atoms with Crippen molar-refractivity contribution < 1.29 is 10.2 Å². The molecule has 0 saturated carbocycles. The fourth-order valence-corrected chi connectivity index (χ4v) is 0.753. The van der Waals surface area contributed by atoms with E-state index in [1.165, 1.54) is 0 Å². The summed E-state index contributed by atoms with van der Waals surface area (Å²) in [5, 5.41) is 17.6. The first-order chi connectivity index (χ1) is 5.16. The third-order valence-electron chi connectivity index (χ3n) is 1.21. The van der Waals surface area contributed by atoms with Crippen LogP contribution in [-0.2, 0) is 0 Å². The Morgan fingerprint density at radius 1 is 1.64 bits per heavy atom. The minimum atomic E-state index is -0.445. The lowest BCUT2D eigenvalue weighted by molar-refractivity contribution is 0.223. The van der Waals surface area contributed by atoms with Crippen LogP contribution in [0.5, 0.6) is 0 Å². The van der Waals surface area contributed by atoms with Gasteiger partial charge in [0, 0.05) is 6.61 Å². The van der Waals surface area contributed by atoms with Crippen molar-refractivity contribution in [3.8, 4) is 0 Å². The molecule has 1 unspecified atom stereocenters. The van der Waals surface area contributed by atoms with Gasteiger partial charge in [0.15, 0.2) is 0 Å². The molecule has 0 aliphatic heterocycles. The predicted octanol–water partition coefficient (Wildman–Crippen LogP) is 1.25. The molecule has 0 aromatic heterocycles. The van der Waals surface area contributed by atoms with Gasteiger partial charge >= 0.3 is 0 Å². The zero-order chi connectivity index (χ0) is 8.69. The Morgan fingerprint density at radius 3 is 2.73 bits per heavy atom. The van der Waals surface area contributed by atoms with Gasteiger partial charge in [-0.3, -0.25) is 0 Å². The van der Waals surface area contributed by atoms with Crippen molar-refractivity contribution in [3.05, 3.63) is 24.3 Å². The summed E-state index contributed by atoms with van der Waals surface area (Å²) in [7, 11) is 0. The van der Waals surface area contributed by atoms with Crippen molar-refractivity contribution in [3.63, 3.8) is 0 Å². The molecule has 2 N–H and O–H groups in total. The Bertz CT molecular complexity index is 138. The highest BCUT2D eigenvalue weighted by Gasteiger charge is 1.96. The summed E-state index contributed by atoms with van der Waals surface area (Å²) >= 11 is 0. The normalized spacial score (nSPS) is 13.7. The van der Waals surface area contributed by atoms with E-state index in [2.05, 4.69) is 6.58 Å². The molecular weight excluding hydrogens is 140 g/mol. The molecule has 0 aliphatic carbocycles. The van der Waals surface area contributed by atoms with Gasteiger partial charge in [-0.25, -0.2) is 0 Å². The molecule has 64 valence electrons. The van der Waals surface area contributed by atoms with Crippen LogP contribution in [0.4, 0.5) is 0 Å². The van der Waals surface area contributed by atoms with E-state index in [4.69, 9.17) is 5.11 Å². The van der Waals surface area contributed by atoms with Gasteiger partial charge in [-0.2, -0.15) is 0 Å². The summed E-state index contributed by atoms with van der Waals surface area (Å²) in [5.41, 5.74) is 0.964. The Hall–Kier alpha value is -0.600. The molecule has 11 heavy (non-hydrogen) atoms. The van der Waals surface area contributed by atoms with Crippen molar-refractivity contribution in [1.29, 1.82) is 0 Å². The maximum absolute atomic E-state index is 9.22. The molecule has 2 heteroatoms. The predicted molar refractivity (Wildman–Crippen MR) is 46.3 cm³/mol. The van der Waals surface area contributed by atoms with Crippen molar-refractivity contribution in [2.75, 3.05) is 6.61 Å². The number of aliphatic hydroxyl groups excluding tert-OH is 2. The summed E-state index contributed by atoms with van der Waals surface area (Å²) in [4.78, 5) is 0. The lowest BCUT2D eigenvalue weighted by Gasteiger charge is -2.03. The molecule has 0 rings (SSSR count). The summed E-state index contributed by atoms with van der Waals surface area (Å²) in [6.07, 6.45) is 4.22. The van der Waals surface area contributed by atoms with Crippen LogP contribution >= 0.6 is 0 Å². The molecule has 0 radical (unpaired) electrons. The lowest BCUT2D eigenvalue weighted by Crippen LogP contribution is -2.01. The third kappa shape index (κ3) is 7.30. The van der Waals surface area contributed by atoms with Gasteiger partial charge in [0.1, 0.15) is 0 Å². The number of aliphatic hydroxyl groups is 2. The fraction of sp³-hybridized carbons (Fsp3) is 0.556. The first kappa shape index (κ1) is 10.4. The van der Waals surface area contributed by atoms with E-state index in [1.807, 2.05) is 6.92 Å². The van der Waals surface area contributed by atoms with Crippen LogP contribution in [-0.4, -0.2) is 22.9 Å². The molecule has 0 fully saturated rings. The van der Waals surface area contributed by atoms with Crippen molar-refractivity contribution in [1.82, 2.24) is 0 Å². The quantitative estimate of drug-likeness (QED) is 0.588. The monoisotopic (exact) mass is 156 g/mol. The van der Waals surface area contributed by atoms with E-state index in [1.54, 1.807) is 12.2 Å². The van der Waals surface area contributed by atoms with Crippen molar-refractivity contribution >= 4 is 0 Å². The van der Waals surface area contributed by atoms with E-state index >= 15 is 0 Å². The molecule has 0 bridgehead atoms. The van der Waals surface area contributed by atoms with Crippen LogP contribution in [0.2, 0.25) is 0 Å². The number of hydrogen-bond donors (Lipinski definition) is 2. The van der Waals surface area contributed by atoms with Crippen LogP contribution in [0.1, 0.15) is 19.8 Å². The Labute approximate surface area is 67.9 Å². The average Bonchev–Trinajstić information content (AvgIpc) is 1.86. The summed E-state index contributed by atoms with van der Waals surface area (Å²) < 4.78 is 0. The molecule has 0 heterocycles. The van der Waals surface area contributed by atoms with Crippen molar-refractivity contribution in [2.24, 2.45) is 0 Å². The van der Waals surface area contributed by atoms with Gasteiger partial charge in [0.25, 0.3) is 0 Å². The molecular formula is C9H16O2. The van der Waals surface area contributed by atoms with Gasteiger partial charge in [0.2, 0.25) is 0 Å². The highest BCUT2D eigenvalue weighted by molar-refractivity contribution is 4.98. The zero-order valence-electron chi connectivity index (χ0n) is 6.95. The largest absolute Gasteiger partial charge is 0.396 e. The minimum absolute atomic E-state index is 0.135. The number of rotatable bonds is 5. The summed E-state index contributed by atoms with van der Waals surface area (Å²) in [6.45, 7) is 5.69. The minimum Gasteiger partial charge on any atom is -0.396 e. The second kappa shape index (κ2) is 6.13. The van der Waals surface area contributed by atoms with Gasteiger partial charge in [0.05, 0.1) is 6.10 Å². The Kier molecular flexibility index (Phi) is 5.80. The summed E-state index contributed by atoms with van der Waals surface area (Å²) in [6, 6.07) is 0. The van der Waals surface area contributed by atoms with Crippen LogP contribution in [0, 0.1) is 0 Å². The van der Waals surface area contributed by atoms with Gasteiger partial charge in [-0.1, -0.05) is 17.7 Å². The van der Waals surface area contributed by atoms with Crippen LogP contribution in [0.15, 0.2) is 24.3 Å². The van der Waals surface area contributed by atoms with Gasteiger partial charge in [-0.05, 0) is 19.8 Å². The smallest absolute Gasteiger partial charge is 0.0757 e. The molecule has 0 saturated heterocycles. The van der Waals surface area contributed by atoms with Crippen LogP contribution in [0.25, 0.3) is 0 Å². The third-order valence-corrected chi connectivity index (χ3v) is 1.21. The molecule has 0 aliphatic rings. The fourth-order valence-electron chi connectivity index (χ4n) is 0.753. The van der Waals surface area contributed by atoms with E-state index in [0.29, 0.717) is 12.8 Å². The van der Waals surface area contributed by atoms with E-state index in [-0.39, 0.29) is 6.61 Å². The second-order valence-electron chi connectivity index (χ2n) is 2.67. The molecule has 0 spiro atoms. The molecule has 0 amide bonds. The molecule has 2 nitrogen and oxygen atoms in total.